The number of alkyl halides is 6. The van der Waals surface area contributed by atoms with Crippen molar-refractivity contribution in [3.8, 4) is 86.2 Å². The Labute approximate surface area is 417 Å². The van der Waals surface area contributed by atoms with E-state index >= 15 is 0 Å². The van der Waals surface area contributed by atoms with Crippen molar-refractivity contribution < 1.29 is 26.3 Å². The van der Waals surface area contributed by atoms with E-state index in [1.807, 2.05) is 88.0 Å². The fraction of sp³-hybridized carbons (Fsp3) is 0.0328. The second-order valence-electron chi connectivity index (χ2n) is 17.5. The van der Waals surface area contributed by atoms with Crippen molar-refractivity contribution in [2.45, 2.75) is 12.4 Å². The first-order chi connectivity index (χ1) is 35.7. The zero-order chi connectivity index (χ0) is 51.6. The Morgan fingerprint density at radius 1 is 0.311 bits per heavy atom. The van der Waals surface area contributed by atoms with Crippen molar-refractivity contribution in [2.75, 3.05) is 0 Å². The fourth-order valence-electron chi connectivity index (χ4n) is 10.0. The molecule has 0 bridgehead atoms. The second kappa shape index (κ2) is 17.5. The van der Waals surface area contributed by atoms with Crippen LogP contribution in [0.2, 0.25) is 0 Å². The van der Waals surface area contributed by atoms with Gasteiger partial charge in [0.15, 0.2) is 0 Å². The molecule has 0 saturated heterocycles. The third-order valence-corrected chi connectivity index (χ3v) is 13.3. The topological polar surface area (TPSA) is 129 Å². The van der Waals surface area contributed by atoms with Gasteiger partial charge in [-0.1, -0.05) is 66.7 Å². The molecule has 350 valence electrons. The molecular formula is C61H29F6N7. The van der Waals surface area contributed by atoms with Crippen molar-refractivity contribution in [1.82, 2.24) is 9.13 Å². The van der Waals surface area contributed by atoms with Gasteiger partial charge in [-0.3, -0.25) is 0 Å². The lowest BCUT2D eigenvalue weighted by atomic mass is 9.92. The van der Waals surface area contributed by atoms with Crippen molar-refractivity contribution in [3.63, 3.8) is 0 Å². The molecule has 0 N–H and O–H groups in total. The van der Waals surface area contributed by atoms with E-state index in [1.165, 1.54) is 24.3 Å². The van der Waals surface area contributed by atoms with Gasteiger partial charge in [0.1, 0.15) is 0 Å². The van der Waals surface area contributed by atoms with Gasteiger partial charge in [-0.15, -0.1) is 0 Å². The Kier molecular flexibility index (Phi) is 10.9. The molecular weight excluding hydrogens is 945 g/mol. The molecule has 0 unspecified atom stereocenters. The molecule has 0 aliphatic rings. The van der Waals surface area contributed by atoms with Crippen molar-refractivity contribution >= 4 is 43.6 Å². The quantitative estimate of drug-likeness (QED) is 0.153. The van der Waals surface area contributed by atoms with Crippen molar-refractivity contribution in [2.24, 2.45) is 0 Å². The molecule has 0 amide bonds. The summed E-state index contributed by atoms with van der Waals surface area (Å²) in [5.74, 6) is 0. The molecule has 0 aliphatic carbocycles. The fourth-order valence-corrected chi connectivity index (χ4v) is 10.0. The summed E-state index contributed by atoms with van der Waals surface area (Å²) in [6.45, 7) is 0. The van der Waals surface area contributed by atoms with Crippen LogP contribution in [0.4, 0.5) is 26.3 Å². The van der Waals surface area contributed by atoms with Gasteiger partial charge in [0.2, 0.25) is 0 Å². The number of fused-ring (bicyclic) bond motifs is 6. The first-order valence-electron chi connectivity index (χ1n) is 22.7. The Bertz CT molecular complexity index is 4360. The highest BCUT2D eigenvalue weighted by atomic mass is 19.4. The zero-order valence-corrected chi connectivity index (χ0v) is 38.1. The SMILES string of the molecule is N#Cc1cc(C#N)cc(-c2ccc3c(c2)c2ccccc2n3-c2ccc(C#N)cc2-c2ccc(-c3ccc(C(F)(F)F)cc3C(F)(F)F)cc2-n2c3ccccc3c3cc(-c4cc(C#N)cc(C#N)c4)ccc32)c1. The van der Waals surface area contributed by atoms with Crippen LogP contribution >= 0.6 is 0 Å². The van der Waals surface area contributed by atoms with Gasteiger partial charge in [0.05, 0.1) is 103 Å². The number of halogens is 6. The van der Waals surface area contributed by atoms with Crippen LogP contribution in [0, 0.1) is 56.7 Å². The minimum Gasteiger partial charge on any atom is -0.309 e. The summed E-state index contributed by atoms with van der Waals surface area (Å²) in [5, 5.41) is 52.7. The van der Waals surface area contributed by atoms with Gasteiger partial charge < -0.3 is 9.13 Å². The maximum Gasteiger partial charge on any atom is 0.417 e. The molecule has 11 aromatic rings. The van der Waals surface area contributed by atoms with Gasteiger partial charge in [0.25, 0.3) is 0 Å². The highest BCUT2D eigenvalue weighted by Crippen LogP contribution is 2.46. The average Bonchev–Trinajstić information content (AvgIpc) is 3.94. The smallest absolute Gasteiger partial charge is 0.309 e. The minimum atomic E-state index is -5.19. The Hall–Kier alpha value is -10.4. The number of hydrogen-bond donors (Lipinski definition) is 0. The lowest BCUT2D eigenvalue weighted by Crippen LogP contribution is -2.12. The molecule has 0 aliphatic heterocycles. The highest BCUT2D eigenvalue weighted by Gasteiger charge is 2.38. The van der Waals surface area contributed by atoms with E-state index < -0.39 is 29.0 Å². The first kappa shape index (κ1) is 46.0. The molecule has 0 fully saturated rings. The third-order valence-electron chi connectivity index (χ3n) is 13.3. The molecule has 0 radical (unpaired) electrons. The maximum absolute atomic E-state index is 15.0. The van der Waals surface area contributed by atoms with Crippen LogP contribution in [-0.2, 0) is 12.4 Å². The van der Waals surface area contributed by atoms with E-state index in [4.69, 9.17) is 0 Å². The molecule has 2 heterocycles. The molecule has 9 aromatic carbocycles. The summed E-state index contributed by atoms with van der Waals surface area (Å²) < 4.78 is 90.9. The van der Waals surface area contributed by atoms with E-state index in [-0.39, 0.29) is 28.3 Å². The van der Waals surface area contributed by atoms with E-state index in [9.17, 15) is 52.7 Å². The Morgan fingerprint density at radius 3 is 1.26 bits per heavy atom. The number of para-hydroxylation sites is 2. The van der Waals surface area contributed by atoms with Gasteiger partial charge >= 0.3 is 12.4 Å². The van der Waals surface area contributed by atoms with Crippen molar-refractivity contribution in [1.29, 1.82) is 26.3 Å². The van der Waals surface area contributed by atoms with Gasteiger partial charge in [-0.25, -0.2) is 0 Å². The summed E-state index contributed by atoms with van der Waals surface area (Å²) in [6.07, 6.45) is -10.2. The number of nitriles is 5. The Balaban J connectivity index is 1.22. The van der Waals surface area contributed by atoms with E-state index in [2.05, 4.69) is 30.3 Å². The lowest BCUT2D eigenvalue weighted by molar-refractivity contribution is -0.142. The zero-order valence-electron chi connectivity index (χ0n) is 38.1. The molecule has 7 nitrogen and oxygen atoms in total. The molecule has 74 heavy (non-hydrogen) atoms. The predicted octanol–water partition coefficient (Wildman–Crippen LogP) is 15.9. The highest BCUT2D eigenvalue weighted by molar-refractivity contribution is 6.13. The second-order valence-corrected chi connectivity index (χ2v) is 17.5. The van der Waals surface area contributed by atoms with E-state index in [1.54, 1.807) is 54.6 Å². The minimum absolute atomic E-state index is 0.0351. The molecule has 11 rings (SSSR count). The standard InChI is InChI=1S/C61H29F6N7/c62-60(63,64)45-13-15-46(53(29-45)61(65,66)67)42-10-14-49(59(28-42)74-55-8-4-2-6-48(55)52-27-41(12-18-58(52)74)44-23-38(33-71)20-39(24-44)34-72)50-25-35(30-68)9-16-56(50)73-54-7-3-1-5-47(54)51-26-40(11-17-57(51)73)43-21-36(31-69)19-37(22-43)32-70/h1-29H. The van der Waals surface area contributed by atoms with Crippen LogP contribution in [0.15, 0.2) is 176 Å². The van der Waals surface area contributed by atoms with Gasteiger partial charge in [-0.2, -0.15) is 52.7 Å². The molecule has 2 aromatic heterocycles. The third kappa shape index (κ3) is 7.78. The molecule has 0 atom stereocenters. The predicted molar refractivity (Wildman–Crippen MR) is 270 cm³/mol. The number of hydrogen-bond acceptors (Lipinski definition) is 5. The normalized spacial score (nSPS) is 11.6. The summed E-state index contributed by atoms with van der Waals surface area (Å²) in [4.78, 5) is 0. The van der Waals surface area contributed by atoms with Crippen LogP contribution in [0.3, 0.4) is 0 Å². The number of rotatable bonds is 6. The summed E-state index contributed by atoms with van der Waals surface area (Å²) in [6, 6.07) is 58.1. The van der Waals surface area contributed by atoms with Crippen molar-refractivity contribution in [3.05, 3.63) is 215 Å². The lowest BCUT2D eigenvalue weighted by Gasteiger charge is -2.21. The first-order valence-corrected chi connectivity index (χ1v) is 22.7. The van der Waals surface area contributed by atoms with E-state index in [0.29, 0.717) is 72.8 Å². The van der Waals surface area contributed by atoms with Crippen LogP contribution in [-0.4, -0.2) is 9.13 Å². The van der Waals surface area contributed by atoms with Crippen LogP contribution in [0.1, 0.15) is 38.9 Å². The van der Waals surface area contributed by atoms with Crippen LogP contribution < -0.4 is 0 Å². The largest absolute Gasteiger partial charge is 0.417 e. The molecule has 0 saturated carbocycles. The molecule has 0 spiro atoms. The maximum atomic E-state index is 15.0. The summed E-state index contributed by atoms with van der Waals surface area (Å²) >= 11 is 0. The van der Waals surface area contributed by atoms with Gasteiger partial charge in [0, 0.05) is 32.7 Å². The van der Waals surface area contributed by atoms with Crippen LogP contribution in [0.5, 0.6) is 0 Å². The number of nitrogens with zero attached hydrogens (tertiary/aromatic N) is 7. The molecule has 13 heteroatoms. The summed E-state index contributed by atoms with van der Waals surface area (Å²) in [7, 11) is 0. The Morgan fingerprint density at radius 2 is 0.770 bits per heavy atom. The number of benzene rings is 9. The van der Waals surface area contributed by atoms with E-state index in [0.717, 1.165) is 38.8 Å². The summed E-state index contributed by atoms with van der Waals surface area (Å²) in [5.41, 5.74) is 5.24. The van der Waals surface area contributed by atoms with Gasteiger partial charge in [-0.05, 0) is 143 Å². The monoisotopic (exact) mass is 973 g/mol. The average molecular weight is 974 g/mol. The van der Waals surface area contributed by atoms with Crippen LogP contribution in [0.25, 0.3) is 99.5 Å². The number of aromatic nitrogens is 2.